The SMILES string of the molecule is COc1ccc2cc([C@H](C)C(=O)N/N=C\c3ccc(OC(=O)c4ccc(Cl)c([N+](=O)[O-])c4)c(OC)c3)ccc2c1. The first-order valence-corrected chi connectivity index (χ1v) is 12.3. The van der Waals surface area contributed by atoms with Gasteiger partial charge in [0.2, 0.25) is 5.91 Å². The van der Waals surface area contributed by atoms with Gasteiger partial charge in [0, 0.05) is 6.07 Å². The standard InChI is InChI=1S/C29H24ClN3O7/c1-17(19-5-6-21-14-23(38-2)9-7-20(21)13-19)28(34)32-31-16-18-4-11-26(27(12-18)39-3)40-29(35)22-8-10-24(30)25(15-22)33(36)37/h4-17H,1-3H3,(H,32,34)/b31-16-/t17-/m0/s1. The molecule has 0 spiro atoms. The summed E-state index contributed by atoms with van der Waals surface area (Å²) < 4.78 is 15.9. The fourth-order valence-corrected chi connectivity index (χ4v) is 4.03. The summed E-state index contributed by atoms with van der Waals surface area (Å²) in [5, 5.41) is 17.0. The van der Waals surface area contributed by atoms with Crippen molar-refractivity contribution in [2.45, 2.75) is 12.8 Å². The van der Waals surface area contributed by atoms with Crippen molar-refractivity contribution in [2.75, 3.05) is 14.2 Å². The quantitative estimate of drug-likeness (QED) is 0.0886. The zero-order valence-corrected chi connectivity index (χ0v) is 22.5. The lowest BCUT2D eigenvalue weighted by molar-refractivity contribution is -0.384. The summed E-state index contributed by atoms with van der Waals surface area (Å²) in [6, 6.07) is 19.8. The predicted molar refractivity (Wildman–Crippen MR) is 151 cm³/mol. The number of benzene rings is 4. The molecule has 0 radical (unpaired) electrons. The van der Waals surface area contributed by atoms with Crippen molar-refractivity contribution >= 4 is 46.2 Å². The van der Waals surface area contributed by atoms with E-state index < -0.39 is 22.5 Å². The van der Waals surface area contributed by atoms with E-state index in [1.807, 2.05) is 36.4 Å². The van der Waals surface area contributed by atoms with Crippen molar-refractivity contribution in [3.63, 3.8) is 0 Å². The lowest BCUT2D eigenvalue weighted by Gasteiger charge is -2.12. The summed E-state index contributed by atoms with van der Waals surface area (Å²) in [4.78, 5) is 35.7. The van der Waals surface area contributed by atoms with Gasteiger partial charge in [0.05, 0.1) is 36.8 Å². The smallest absolute Gasteiger partial charge is 0.343 e. The van der Waals surface area contributed by atoms with E-state index in [2.05, 4.69) is 10.5 Å². The molecule has 0 heterocycles. The number of methoxy groups -OCH3 is 2. The van der Waals surface area contributed by atoms with Crippen LogP contribution in [0.25, 0.3) is 10.8 Å². The van der Waals surface area contributed by atoms with Crippen LogP contribution in [0.5, 0.6) is 17.2 Å². The van der Waals surface area contributed by atoms with Gasteiger partial charge in [0.25, 0.3) is 5.69 Å². The number of hydrazone groups is 1. The van der Waals surface area contributed by atoms with Crippen molar-refractivity contribution < 1.29 is 28.7 Å². The molecule has 10 nitrogen and oxygen atoms in total. The Hall–Kier alpha value is -4.96. The van der Waals surface area contributed by atoms with E-state index in [0.717, 1.165) is 28.2 Å². The van der Waals surface area contributed by atoms with Crippen LogP contribution in [0.1, 0.15) is 34.3 Å². The predicted octanol–water partition coefficient (Wildman–Crippen LogP) is 5.89. The van der Waals surface area contributed by atoms with Gasteiger partial charge in [0.1, 0.15) is 10.8 Å². The number of hydrogen-bond donors (Lipinski definition) is 1. The molecular formula is C29H24ClN3O7. The Morgan fingerprint density at radius 1 is 0.950 bits per heavy atom. The molecule has 0 aromatic heterocycles. The van der Waals surface area contributed by atoms with E-state index in [1.165, 1.54) is 31.5 Å². The first-order chi connectivity index (χ1) is 19.2. The maximum absolute atomic E-state index is 12.7. The molecule has 0 aliphatic rings. The van der Waals surface area contributed by atoms with E-state index in [4.69, 9.17) is 25.8 Å². The summed E-state index contributed by atoms with van der Waals surface area (Å²) >= 11 is 5.80. The molecule has 0 saturated heterocycles. The summed E-state index contributed by atoms with van der Waals surface area (Å²) in [5.41, 5.74) is 3.48. The van der Waals surface area contributed by atoms with Crippen LogP contribution in [0.15, 0.2) is 77.9 Å². The highest BCUT2D eigenvalue weighted by molar-refractivity contribution is 6.32. The monoisotopic (exact) mass is 561 g/mol. The van der Waals surface area contributed by atoms with Crippen molar-refractivity contribution in [1.82, 2.24) is 5.43 Å². The van der Waals surface area contributed by atoms with Crippen LogP contribution in [0.4, 0.5) is 5.69 Å². The molecule has 11 heteroatoms. The molecule has 1 N–H and O–H groups in total. The molecule has 0 unspecified atom stereocenters. The number of nitrogens with one attached hydrogen (secondary N) is 1. The number of nitro groups is 1. The van der Waals surface area contributed by atoms with Gasteiger partial charge in [-0.15, -0.1) is 0 Å². The average Bonchev–Trinajstić information content (AvgIpc) is 2.96. The molecule has 4 aromatic rings. The van der Waals surface area contributed by atoms with Crippen LogP contribution >= 0.6 is 11.6 Å². The Balaban J connectivity index is 1.41. The molecule has 4 aromatic carbocycles. The molecule has 0 aliphatic carbocycles. The second-order valence-corrected chi connectivity index (χ2v) is 9.06. The third-order valence-electron chi connectivity index (χ3n) is 6.12. The van der Waals surface area contributed by atoms with Crippen LogP contribution in [-0.2, 0) is 4.79 Å². The minimum absolute atomic E-state index is 0.0493. The molecule has 0 saturated carbocycles. The molecule has 40 heavy (non-hydrogen) atoms. The fraction of sp³-hybridized carbons (Fsp3) is 0.138. The van der Waals surface area contributed by atoms with Gasteiger partial charge in [-0.3, -0.25) is 14.9 Å². The summed E-state index contributed by atoms with van der Waals surface area (Å²) in [7, 11) is 3.01. The van der Waals surface area contributed by atoms with Crippen LogP contribution in [0, 0.1) is 10.1 Å². The van der Waals surface area contributed by atoms with Crippen LogP contribution in [0.2, 0.25) is 5.02 Å². The highest BCUT2D eigenvalue weighted by Gasteiger charge is 2.19. The zero-order valence-electron chi connectivity index (χ0n) is 21.7. The highest BCUT2D eigenvalue weighted by Crippen LogP contribution is 2.30. The van der Waals surface area contributed by atoms with Crippen LogP contribution < -0.4 is 19.6 Å². The minimum atomic E-state index is -0.825. The van der Waals surface area contributed by atoms with E-state index in [0.29, 0.717) is 5.56 Å². The maximum Gasteiger partial charge on any atom is 0.343 e. The number of nitrogens with zero attached hydrogens (tertiary/aromatic N) is 2. The number of nitro benzene ring substituents is 1. The number of esters is 1. The number of carbonyl (C=O) groups excluding carboxylic acids is 2. The van der Waals surface area contributed by atoms with E-state index in [9.17, 15) is 19.7 Å². The fourth-order valence-electron chi connectivity index (χ4n) is 3.84. The summed E-state index contributed by atoms with van der Waals surface area (Å²) in [5.74, 6) is -0.506. The van der Waals surface area contributed by atoms with E-state index in [1.54, 1.807) is 26.2 Å². The molecule has 204 valence electrons. The van der Waals surface area contributed by atoms with Gasteiger partial charge in [-0.2, -0.15) is 5.10 Å². The summed E-state index contributed by atoms with van der Waals surface area (Å²) in [6.45, 7) is 1.79. The van der Waals surface area contributed by atoms with Crippen LogP contribution in [-0.4, -0.2) is 37.2 Å². The number of carbonyl (C=O) groups is 2. The number of amides is 1. The first-order valence-electron chi connectivity index (χ1n) is 11.9. The lowest BCUT2D eigenvalue weighted by Crippen LogP contribution is -2.23. The highest BCUT2D eigenvalue weighted by atomic mass is 35.5. The molecule has 1 amide bonds. The molecule has 0 aliphatic heterocycles. The summed E-state index contributed by atoms with van der Waals surface area (Å²) in [6.07, 6.45) is 1.42. The van der Waals surface area contributed by atoms with Gasteiger partial charge >= 0.3 is 5.97 Å². The molecular weight excluding hydrogens is 538 g/mol. The molecule has 4 rings (SSSR count). The number of halogens is 1. The molecule has 0 fully saturated rings. The van der Waals surface area contributed by atoms with Gasteiger partial charge < -0.3 is 14.2 Å². The maximum atomic E-state index is 12.7. The minimum Gasteiger partial charge on any atom is -0.497 e. The Kier molecular flexibility index (Phi) is 8.60. The van der Waals surface area contributed by atoms with Gasteiger partial charge in [-0.25, -0.2) is 10.2 Å². The largest absolute Gasteiger partial charge is 0.497 e. The number of hydrogen-bond acceptors (Lipinski definition) is 8. The van der Waals surface area contributed by atoms with Crippen molar-refractivity contribution in [1.29, 1.82) is 0 Å². The average molecular weight is 562 g/mol. The Morgan fingerprint density at radius 3 is 2.42 bits per heavy atom. The van der Waals surface area contributed by atoms with Gasteiger partial charge in [-0.05, 0) is 71.3 Å². The lowest BCUT2D eigenvalue weighted by atomic mass is 9.97. The molecule has 0 bridgehead atoms. The zero-order chi connectivity index (χ0) is 28.8. The van der Waals surface area contributed by atoms with Crippen molar-refractivity contribution in [3.05, 3.63) is 105 Å². The van der Waals surface area contributed by atoms with Crippen molar-refractivity contribution in [2.24, 2.45) is 5.10 Å². The van der Waals surface area contributed by atoms with Gasteiger partial charge in [0.15, 0.2) is 11.5 Å². The topological polar surface area (TPSA) is 129 Å². The number of ether oxygens (including phenoxy) is 3. The second kappa shape index (κ2) is 12.3. The third kappa shape index (κ3) is 6.36. The van der Waals surface area contributed by atoms with E-state index in [-0.39, 0.29) is 28.0 Å². The second-order valence-electron chi connectivity index (χ2n) is 8.65. The Morgan fingerprint density at radius 2 is 1.70 bits per heavy atom. The normalized spacial score (nSPS) is 11.7. The van der Waals surface area contributed by atoms with Gasteiger partial charge in [-0.1, -0.05) is 35.9 Å². The first kappa shape index (κ1) is 28.1. The van der Waals surface area contributed by atoms with Crippen LogP contribution in [0.3, 0.4) is 0 Å². The Bertz CT molecular complexity index is 1640. The van der Waals surface area contributed by atoms with E-state index >= 15 is 0 Å². The number of rotatable bonds is 9. The third-order valence-corrected chi connectivity index (χ3v) is 6.44. The number of fused-ring (bicyclic) bond motifs is 1. The molecule has 1 atom stereocenters. The Labute approximate surface area is 234 Å². The van der Waals surface area contributed by atoms with Crippen molar-refractivity contribution in [3.8, 4) is 17.2 Å².